The molecule has 1 aromatic rings. The van der Waals surface area contributed by atoms with Gasteiger partial charge in [-0.2, -0.15) is 8.42 Å². The van der Waals surface area contributed by atoms with E-state index in [4.69, 9.17) is 14.0 Å². The van der Waals surface area contributed by atoms with Crippen molar-refractivity contribution in [2.45, 2.75) is 6.10 Å². The second-order valence-electron chi connectivity index (χ2n) is 3.82. The quantitative estimate of drug-likeness (QED) is 0.623. The highest BCUT2D eigenvalue weighted by Crippen LogP contribution is 2.34. The van der Waals surface area contributed by atoms with Gasteiger partial charge in [0.15, 0.2) is 11.5 Å². The van der Waals surface area contributed by atoms with Crippen LogP contribution in [0.4, 0.5) is 5.69 Å². The molecule has 19 heavy (non-hydrogen) atoms. The van der Waals surface area contributed by atoms with E-state index in [0.29, 0.717) is 17.2 Å². The van der Waals surface area contributed by atoms with E-state index in [9.17, 15) is 13.5 Å². The maximum atomic E-state index is 10.6. The molecule has 0 spiro atoms. The molecule has 3 N–H and O–H groups in total. The van der Waals surface area contributed by atoms with Crippen LogP contribution in [0.5, 0.6) is 11.5 Å². The van der Waals surface area contributed by atoms with Crippen LogP contribution in [-0.2, 0) is 10.1 Å². The van der Waals surface area contributed by atoms with Gasteiger partial charge < -0.3 is 19.9 Å². The number of hydrogen-bond acceptors (Lipinski definition) is 6. The number of aliphatic hydroxyl groups is 1. The van der Waals surface area contributed by atoms with Gasteiger partial charge in [-0.05, 0) is 12.1 Å². The Morgan fingerprint density at radius 2 is 2.00 bits per heavy atom. The zero-order valence-corrected chi connectivity index (χ0v) is 11.5. The molecule has 0 aliphatic rings. The molecular weight excluding hydrogens is 274 g/mol. The molecule has 0 radical (unpaired) electrons. The average Bonchev–Trinajstić information content (AvgIpc) is 2.33. The molecule has 1 atom stereocenters. The molecule has 0 saturated heterocycles. The Hall–Kier alpha value is -1.51. The SMILES string of the molecule is COc1cccc(NCC(O)CS(=O)(=O)O)c1OC. The van der Waals surface area contributed by atoms with E-state index in [1.54, 1.807) is 18.2 Å². The minimum Gasteiger partial charge on any atom is -0.493 e. The maximum Gasteiger partial charge on any atom is 0.267 e. The average molecular weight is 291 g/mol. The third-order valence-corrected chi connectivity index (χ3v) is 3.14. The van der Waals surface area contributed by atoms with E-state index < -0.39 is 22.0 Å². The molecule has 0 amide bonds. The minimum atomic E-state index is -4.20. The van der Waals surface area contributed by atoms with Crippen molar-refractivity contribution in [2.24, 2.45) is 0 Å². The van der Waals surface area contributed by atoms with Crippen molar-refractivity contribution in [3.8, 4) is 11.5 Å². The minimum absolute atomic E-state index is 0.0523. The van der Waals surface area contributed by atoms with E-state index in [1.165, 1.54) is 14.2 Å². The lowest BCUT2D eigenvalue weighted by Crippen LogP contribution is -2.27. The van der Waals surface area contributed by atoms with Crippen molar-refractivity contribution >= 4 is 15.8 Å². The van der Waals surface area contributed by atoms with Crippen LogP contribution < -0.4 is 14.8 Å². The number of anilines is 1. The van der Waals surface area contributed by atoms with Gasteiger partial charge in [0.05, 0.1) is 26.0 Å². The smallest absolute Gasteiger partial charge is 0.267 e. The number of aliphatic hydroxyl groups excluding tert-OH is 1. The van der Waals surface area contributed by atoms with Gasteiger partial charge in [-0.15, -0.1) is 0 Å². The van der Waals surface area contributed by atoms with Crippen molar-refractivity contribution in [1.82, 2.24) is 0 Å². The van der Waals surface area contributed by atoms with Gasteiger partial charge in [0.2, 0.25) is 0 Å². The van der Waals surface area contributed by atoms with Crippen molar-refractivity contribution in [1.29, 1.82) is 0 Å². The summed E-state index contributed by atoms with van der Waals surface area (Å²) in [7, 11) is -1.24. The van der Waals surface area contributed by atoms with Crippen LogP contribution in [0.25, 0.3) is 0 Å². The van der Waals surface area contributed by atoms with Crippen molar-refractivity contribution in [3.05, 3.63) is 18.2 Å². The number of methoxy groups -OCH3 is 2. The van der Waals surface area contributed by atoms with Gasteiger partial charge in [0.1, 0.15) is 5.75 Å². The normalized spacial score (nSPS) is 12.8. The molecule has 0 aliphatic heterocycles. The Labute approximate surface area is 111 Å². The van der Waals surface area contributed by atoms with E-state index >= 15 is 0 Å². The molecule has 0 aromatic heterocycles. The summed E-state index contributed by atoms with van der Waals surface area (Å²) in [6.07, 6.45) is -1.23. The van der Waals surface area contributed by atoms with Crippen LogP contribution in [-0.4, -0.2) is 50.7 Å². The summed E-state index contributed by atoms with van der Waals surface area (Å²) in [5.74, 6) is 0.229. The van der Waals surface area contributed by atoms with E-state index in [0.717, 1.165) is 0 Å². The first-order valence-electron chi connectivity index (χ1n) is 5.45. The fourth-order valence-corrected chi connectivity index (χ4v) is 2.16. The lowest BCUT2D eigenvalue weighted by atomic mass is 10.2. The summed E-state index contributed by atoms with van der Waals surface area (Å²) < 4.78 is 40.1. The molecule has 8 heteroatoms. The Balaban J connectivity index is 2.72. The van der Waals surface area contributed by atoms with Crippen molar-refractivity contribution in [2.75, 3.05) is 31.8 Å². The third-order valence-electron chi connectivity index (χ3n) is 2.33. The molecule has 1 unspecified atom stereocenters. The summed E-state index contributed by atoms with van der Waals surface area (Å²) in [6, 6.07) is 5.12. The summed E-state index contributed by atoms with van der Waals surface area (Å²) >= 11 is 0. The summed E-state index contributed by atoms with van der Waals surface area (Å²) in [5.41, 5.74) is 0.552. The lowest BCUT2D eigenvalue weighted by Gasteiger charge is -2.16. The first kappa shape index (κ1) is 15.5. The molecule has 0 heterocycles. The highest BCUT2D eigenvalue weighted by Gasteiger charge is 2.15. The van der Waals surface area contributed by atoms with Crippen LogP contribution in [0.15, 0.2) is 18.2 Å². The van der Waals surface area contributed by atoms with Crippen LogP contribution in [0.2, 0.25) is 0 Å². The molecule has 0 saturated carbocycles. The Morgan fingerprint density at radius 1 is 1.32 bits per heavy atom. The van der Waals surface area contributed by atoms with Gasteiger partial charge in [0.25, 0.3) is 10.1 Å². The van der Waals surface area contributed by atoms with Crippen LogP contribution in [0, 0.1) is 0 Å². The fourth-order valence-electron chi connectivity index (χ4n) is 1.56. The summed E-state index contributed by atoms with van der Waals surface area (Å²) in [4.78, 5) is 0. The molecule has 0 aliphatic carbocycles. The Bertz CT molecular complexity index is 516. The zero-order valence-electron chi connectivity index (χ0n) is 10.7. The first-order chi connectivity index (χ1) is 8.87. The van der Waals surface area contributed by atoms with Gasteiger partial charge in [0, 0.05) is 6.54 Å². The Morgan fingerprint density at radius 3 is 2.53 bits per heavy atom. The third kappa shape index (κ3) is 4.93. The predicted octanol–water partition coefficient (Wildman–Crippen LogP) is 0.364. The Kier molecular flexibility index (Phi) is 5.40. The molecule has 0 bridgehead atoms. The van der Waals surface area contributed by atoms with Gasteiger partial charge >= 0.3 is 0 Å². The first-order valence-corrected chi connectivity index (χ1v) is 7.06. The van der Waals surface area contributed by atoms with Crippen LogP contribution in [0.3, 0.4) is 0 Å². The van der Waals surface area contributed by atoms with Crippen molar-refractivity contribution in [3.63, 3.8) is 0 Å². The second kappa shape index (κ2) is 6.60. The molecular formula is C11H17NO6S. The summed E-state index contributed by atoms with van der Waals surface area (Å²) in [5, 5.41) is 12.3. The van der Waals surface area contributed by atoms with Gasteiger partial charge in [-0.3, -0.25) is 4.55 Å². The zero-order chi connectivity index (χ0) is 14.5. The number of rotatable bonds is 7. The number of benzene rings is 1. The fraction of sp³-hybridized carbons (Fsp3) is 0.455. The molecule has 7 nitrogen and oxygen atoms in total. The number of para-hydroxylation sites is 1. The van der Waals surface area contributed by atoms with Crippen molar-refractivity contribution < 1.29 is 27.6 Å². The number of nitrogens with one attached hydrogen (secondary N) is 1. The van der Waals surface area contributed by atoms with E-state index in [-0.39, 0.29) is 6.54 Å². The predicted molar refractivity (Wildman–Crippen MR) is 70.5 cm³/mol. The highest BCUT2D eigenvalue weighted by molar-refractivity contribution is 7.85. The molecule has 0 fully saturated rings. The highest BCUT2D eigenvalue weighted by atomic mass is 32.2. The van der Waals surface area contributed by atoms with Gasteiger partial charge in [-0.25, -0.2) is 0 Å². The van der Waals surface area contributed by atoms with E-state index in [2.05, 4.69) is 5.32 Å². The molecule has 108 valence electrons. The number of hydrogen-bond donors (Lipinski definition) is 3. The van der Waals surface area contributed by atoms with Gasteiger partial charge in [-0.1, -0.05) is 6.07 Å². The van der Waals surface area contributed by atoms with Crippen LogP contribution in [0.1, 0.15) is 0 Å². The maximum absolute atomic E-state index is 10.6. The topological polar surface area (TPSA) is 105 Å². The largest absolute Gasteiger partial charge is 0.493 e. The monoisotopic (exact) mass is 291 g/mol. The molecule has 1 rings (SSSR count). The second-order valence-corrected chi connectivity index (χ2v) is 5.32. The molecule has 1 aromatic carbocycles. The van der Waals surface area contributed by atoms with Crippen LogP contribution >= 0.6 is 0 Å². The lowest BCUT2D eigenvalue weighted by molar-refractivity contribution is 0.207. The van der Waals surface area contributed by atoms with E-state index in [1.807, 2.05) is 0 Å². The summed E-state index contributed by atoms with van der Waals surface area (Å²) in [6.45, 7) is -0.0523. The number of ether oxygens (including phenoxy) is 2. The standard InChI is InChI=1S/C11H17NO6S/c1-17-10-5-3-4-9(11(10)18-2)12-6-8(13)7-19(14,15)16/h3-5,8,12-13H,6-7H2,1-2H3,(H,14,15,16).